The van der Waals surface area contributed by atoms with E-state index in [0.717, 1.165) is 11.3 Å². The topological polar surface area (TPSA) is 70.2 Å². The Balaban J connectivity index is 2.28. The second-order valence-electron chi connectivity index (χ2n) is 3.97. The van der Waals surface area contributed by atoms with Crippen LogP contribution in [-0.2, 0) is 12.4 Å². The first-order chi connectivity index (χ1) is 9.12. The molecule has 0 atom stereocenters. The smallest absolute Gasteiger partial charge is 0.273 e. The minimum Gasteiger partial charge on any atom is -0.496 e. The predicted molar refractivity (Wildman–Crippen MR) is 70.5 cm³/mol. The first-order valence-corrected chi connectivity index (χ1v) is 6.05. The van der Waals surface area contributed by atoms with Gasteiger partial charge in [-0.15, -0.1) is 11.6 Å². The summed E-state index contributed by atoms with van der Waals surface area (Å²) in [5, 5.41) is 10.8. The van der Waals surface area contributed by atoms with Crippen LogP contribution in [0.2, 0.25) is 0 Å². The molecule has 0 aliphatic rings. The first kappa shape index (κ1) is 13.4. The molecule has 0 saturated carbocycles. The Morgan fingerprint density at radius 2 is 2.26 bits per heavy atom. The molecule has 0 amide bonds. The van der Waals surface area contributed by atoms with Gasteiger partial charge in [0.25, 0.3) is 5.69 Å². The molecule has 1 heterocycles. The Morgan fingerprint density at radius 1 is 1.47 bits per heavy atom. The number of imidazole rings is 1. The normalized spacial score (nSPS) is 10.4. The molecule has 19 heavy (non-hydrogen) atoms. The molecule has 0 bridgehead atoms. The van der Waals surface area contributed by atoms with Crippen LogP contribution in [-0.4, -0.2) is 21.6 Å². The Hall–Kier alpha value is -2.08. The number of rotatable bonds is 5. The highest BCUT2D eigenvalue weighted by atomic mass is 35.5. The molecular formula is C12H12ClN3O3. The maximum absolute atomic E-state index is 10.8. The lowest BCUT2D eigenvalue weighted by atomic mass is 10.2. The van der Waals surface area contributed by atoms with Gasteiger partial charge in [0.15, 0.2) is 0 Å². The summed E-state index contributed by atoms with van der Waals surface area (Å²) >= 11 is 5.67. The molecule has 0 radical (unpaired) electrons. The molecule has 0 fully saturated rings. The van der Waals surface area contributed by atoms with E-state index in [9.17, 15) is 10.1 Å². The number of non-ortho nitro benzene ring substituents is 1. The zero-order valence-corrected chi connectivity index (χ0v) is 11.0. The fourth-order valence-electron chi connectivity index (χ4n) is 1.73. The Kier molecular flexibility index (Phi) is 4.01. The Morgan fingerprint density at radius 3 is 2.84 bits per heavy atom. The van der Waals surface area contributed by atoms with Crippen LogP contribution in [0.25, 0.3) is 0 Å². The van der Waals surface area contributed by atoms with Crippen molar-refractivity contribution in [2.75, 3.05) is 7.11 Å². The standard InChI is InChI=1S/C12H12ClN3O3/c1-19-12-3-9(2-11(4-12)16(17)18)6-15-7-10(5-13)14-8-15/h2-4,7-8H,5-6H2,1H3. The summed E-state index contributed by atoms with van der Waals surface area (Å²) in [5.74, 6) is 0.799. The van der Waals surface area contributed by atoms with Gasteiger partial charge in [-0.2, -0.15) is 0 Å². The summed E-state index contributed by atoms with van der Waals surface area (Å²) in [5.41, 5.74) is 1.54. The van der Waals surface area contributed by atoms with Crippen LogP contribution in [0.5, 0.6) is 5.75 Å². The largest absolute Gasteiger partial charge is 0.496 e. The fraction of sp³-hybridized carbons (Fsp3) is 0.250. The summed E-state index contributed by atoms with van der Waals surface area (Å²) in [6, 6.07) is 4.66. The summed E-state index contributed by atoms with van der Waals surface area (Å²) < 4.78 is 6.88. The number of hydrogen-bond donors (Lipinski definition) is 0. The van der Waals surface area contributed by atoms with Crippen molar-refractivity contribution >= 4 is 17.3 Å². The molecule has 2 aromatic rings. The highest BCUT2D eigenvalue weighted by Crippen LogP contribution is 2.23. The molecule has 0 aliphatic carbocycles. The number of aromatic nitrogens is 2. The van der Waals surface area contributed by atoms with Gasteiger partial charge >= 0.3 is 0 Å². The monoisotopic (exact) mass is 281 g/mol. The summed E-state index contributed by atoms with van der Waals surface area (Å²) in [4.78, 5) is 14.5. The minimum atomic E-state index is -0.440. The number of nitrogens with zero attached hydrogens (tertiary/aromatic N) is 3. The third-order valence-corrected chi connectivity index (χ3v) is 2.86. The van der Waals surface area contributed by atoms with Crippen LogP contribution >= 0.6 is 11.6 Å². The predicted octanol–water partition coefficient (Wildman–Crippen LogP) is 2.59. The molecular weight excluding hydrogens is 270 g/mol. The molecule has 0 N–H and O–H groups in total. The van der Waals surface area contributed by atoms with Gasteiger partial charge in [0.05, 0.1) is 36.0 Å². The van der Waals surface area contributed by atoms with E-state index in [1.54, 1.807) is 18.6 Å². The maximum Gasteiger partial charge on any atom is 0.273 e. The quantitative estimate of drug-likeness (QED) is 0.480. The van der Waals surface area contributed by atoms with Gasteiger partial charge in [-0.05, 0) is 11.6 Å². The van der Waals surface area contributed by atoms with Crippen LogP contribution in [0.3, 0.4) is 0 Å². The van der Waals surface area contributed by atoms with E-state index < -0.39 is 4.92 Å². The summed E-state index contributed by atoms with van der Waals surface area (Å²) in [6.45, 7) is 0.474. The molecule has 0 saturated heterocycles. The van der Waals surface area contributed by atoms with E-state index in [4.69, 9.17) is 16.3 Å². The number of alkyl halides is 1. The van der Waals surface area contributed by atoms with Crippen molar-refractivity contribution in [3.63, 3.8) is 0 Å². The second kappa shape index (κ2) is 5.71. The highest BCUT2D eigenvalue weighted by molar-refractivity contribution is 6.16. The van der Waals surface area contributed by atoms with E-state index in [-0.39, 0.29) is 5.69 Å². The minimum absolute atomic E-state index is 0.00651. The van der Waals surface area contributed by atoms with Gasteiger partial charge in [0, 0.05) is 18.8 Å². The number of halogens is 1. The van der Waals surface area contributed by atoms with Crippen LogP contribution in [0.15, 0.2) is 30.7 Å². The van der Waals surface area contributed by atoms with E-state index in [0.29, 0.717) is 18.2 Å². The zero-order chi connectivity index (χ0) is 13.8. The van der Waals surface area contributed by atoms with Gasteiger partial charge in [-0.3, -0.25) is 10.1 Å². The lowest BCUT2D eigenvalue weighted by Gasteiger charge is -2.05. The Bertz CT molecular complexity index is 598. The fourth-order valence-corrected chi connectivity index (χ4v) is 1.87. The van der Waals surface area contributed by atoms with Gasteiger partial charge in [-0.1, -0.05) is 0 Å². The van der Waals surface area contributed by atoms with E-state index in [1.165, 1.54) is 19.2 Å². The van der Waals surface area contributed by atoms with Crippen molar-refractivity contribution in [2.45, 2.75) is 12.4 Å². The lowest BCUT2D eigenvalue weighted by molar-refractivity contribution is -0.385. The molecule has 0 aliphatic heterocycles. The van der Waals surface area contributed by atoms with Gasteiger partial charge in [-0.25, -0.2) is 4.98 Å². The van der Waals surface area contributed by atoms with Crippen LogP contribution < -0.4 is 4.74 Å². The molecule has 7 heteroatoms. The number of methoxy groups -OCH3 is 1. The zero-order valence-electron chi connectivity index (χ0n) is 10.2. The molecule has 2 rings (SSSR count). The number of nitro benzene ring substituents is 1. The Labute approximate surface area is 114 Å². The molecule has 1 aromatic heterocycles. The summed E-state index contributed by atoms with van der Waals surface area (Å²) in [7, 11) is 1.48. The number of hydrogen-bond acceptors (Lipinski definition) is 4. The maximum atomic E-state index is 10.8. The SMILES string of the molecule is COc1cc(Cn2cnc(CCl)c2)cc([N+](=O)[O-])c1. The van der Waals surface area contributed by atoms with E-state index in [1.807, 2.05) is 4.57 Å². The van der Waals surface area contributed by atoms with Gasteiger partial charge < -0.3 is 9.30 Å². The van der Waals surface area contributed by atoms with Crippen molar-refractivity contribution in [2.24, 2.45) is 0 Å². The number of benzene rings is 1. The first-order valence-electron chi connectivity index (χ1n) is 5.51. The molecule has 1 aromatic carbocycles. The molecule has 6 nitrogen and oxygen atoms in total. The van der Waals surface area contributed by atoms with Crippen LogP contribution in [0.4, 0.5) is 5.69 Å². The van der Waals surface area contributed by atoms with Crippen molar-refractivity contribution < 1.29 is 9.66 Å². The molecule has 100 valence electrons. The average Bonchev–Trinajstić information content (AvgIpc) is 2.85. The van der Waals surface area contributed by atoms with E-state index in [2.05, 4.69) is 4.98 Å². The van der Waals surface area contributed by atoms with Crippen molar-refractivity contribution in [3.05, 3.63) is 52.1 Å². The third kappa shape index (κ3) is 3.23. The number of nitro groups is 1. The lowest BCUT2D eigenvalue weighted by Crippen LogP contribution is -1.99. The summed E-state index contributed by atoms with van der Waals surface area (Å²) in [6.07, 6.45) is 3.45. The highest BCUT2D eigenvalue weighted by Gasteiger charge is 2.10. The average molecular weight is 282 g/mol. The van der Waals surface area contributed by atoms with Crippen LogP contribution in [0, 0.1) is 10.1 Å². The second-order valence-corrected chi connectivity index (χ2v) is 4.23. The van der Waals surface area contributed by atoms with Crippen LogP contribution in [0.1, 0.15) is 11.3 Å². The third-order valence-electron chi connectivity index (χ3n) is 2.59. The van der Waals surface area contributed by atoms with Gasteiger partial charge in [0.1, 0.15) is 5.75 Å². The number of ether oxygens (including phenoxy) is 1. The van der Waals surface area contributed by atoms with Crippen molar-refractivity contribution in [1.29, 1.82) is 0 Å². The van der Waals surface area contributed by atoms with Crippen molar-refractivity contribution in [3.8, 4) is 5.75 Å². The van der Waals surface area contributed by atoms with Gasteiger partial charge in [0.2, 0.25) is 0 Å². The molecule has 0 spiro atoms. The molecule has 0 unspecified atom stereocenters. The van der Waals surface area contributed by atoms with E-state index >= 15 is 0 Å². The van der Waals surface area contributed by atoms with Crippen molar-refractivity contribution in [1.82, 2.24) is 9.55 Å².